The summed E-state index contributed by atoms with van der Waals surface area (Å²) in [6, 6.07) is 0. The fourth-order valence-electron chi connectivity index (χ4n) is 3.21. The number of aliphatic hydroxyl groups is 1. The Labute approximate surface area is 227 Å². The van der Waals surface area contributed by atoms with Crippen molar-refractivity contribution in [2.24, 2.45) is 0 Å². The van der Waals surface area contributed by atoms with Gasteiger partial charge in [0.2, 0.25) is 5.95 Å². The number of hydrogen-bond donors (Lipinski definition) is 5. The minimum Gasteiger partial charge on any atom is -0.756 e. The van der Waals surface area contributed by atoms with Gasteiger partial charge < -0.3 is 44.4 Å². The van der Waals surface area contributed by atoms with E-state index in [1.54, 1.807) is 21.6 Å². The van der Waals surface area contributed by atoms with Gasteiger partial charge in [0.05, 0.1) is 19.0 Å². The number of aromatic nitrogens is 4. The highest BCUT2D eigenvalue weighted by atomic mass is 33.1. The molecular weight excluding hydrogens is 631 g/mol. The number of phosphoric ester groups is 1. The first-order chi connectivity index (χ1) is 18.1. The third-order valence-corrected chi connectivity index (χ3v) is 10.3. The molecule has 1 fully saturated rings. The number of ether oxygens (including phenoxy) is 2. The minimum absolute atomic E-state index is 0.0649. The van der Waals surface area contributed by atoms with Crippen LogP contribution in [0.4, 0.5) is 5.95 Å². The van der Waals surface area contributed by atoms with Crippen LogP contribution in [0.25, 0.3) is 11.2 Å². The first-order valence-corrected chi connectivity index (χ1v) is 17.8. The number of carbonyl (C=O) groups is 1. The first-order valence-electron chi connectivity index (χ1n) is 10.6. The van der Waals surface area contributed by atoms with Gasteiger partial charge in [-0.15, -0.1) is 0 Å². The van der Waals surface area contributed by atoms with Crippen molar-refractivity contribution >= 4 is 68.1 Å². The molecule has 6 N–H and O–H groups in total. The second-order valence-corrected chi connectivity index (χ2v) is 14.6. The molecule has 0 radical (unpaired) electrons. The Morgan fingerprint density at radius 3 is 2.67 bits per heavy atom. The van der Waals surface area contributed by atoms with E-state index in [4.69, 9.17) is 25.0 Å². The molecule has 3 heterocycles. The molecule has 1 aliphatic heterocycles. The zero-order valence-electron chi connectivity index (χ0n) is 19.7. The third-order valence-electron chi connectivity index (χ3n) is 4.67. The molecular formula is C15H23N5O14P3S2-. The SMILES string of the molecule is CSSCCCC(=O)Oc1nc(N)nc2c1ncn2[C@H]1CC(O)[C@@H](COP(=O)([O-])OP(=O)(O)OP(=O)(O)O)O1. The van der Waals surface area contributed by atoms with Crippen LogP contribution in [0.2, 0.25) is 0 Å². The van der Waals surface area contributed by atoms with Crippen LogP contribution in [-0.4, -0.2) is 76.1 Å². The predicted molar refractivity (Wildman–Crippen MR) is 133 cm³/mol. The van der Waals surface area contributed by atoms with Crippen molar-refractivity contribution in [3.05, 3.63) is 6.33 Å². The van der Waals surface area contributed by atoms with Gasteiger partial charge in [0.15, 0.2) is 11.2 Å². The Balaban J connectivity index is 1.67. The number of esters is 1. The number of phosphoric acid groups is 3. The summed E-state index contributed by atoms with van der Waals surface area (Å²) in [7, 11) is -13.8. The molecule has 0 amide bonds. The van der Waals surface area contributed by atoms with Crippen LogP contribution in [-0.2, 0) is 36.4 Å². The molecule has 19 nitrogen and oxygen atoms in total. The summed E-state index contributed by atoms with van der Waals surface area (Å²) in [6.45, 7) is -0.921. The quantitative estimate of drug-likeness (QED) is 0.0800. The molecule has 0 bridgehead atoms. The lowest BCUT2D eigenvalue weighted by Gasteiger charge is -2.26. The molecule has 0 spiro atoms. The van der Waals surface area contributed by atoms with Crippen molar-refractivity contribution in [2.45, 2.75) is 37.7 Å². The maximum atomic E-state index is 12.2. The van der Waals surface area contributed by atoms with E-state index in [0.29, 0.717) is 6.42 Å². The topological polar surface area (TPSA) is 288 Å². The van der Waals surface area contributed by atoms with E-state index in [2.05, 4.69) is 28.1 Å². The average molecular weight is 654 g/mol. The van der Waals surface area contributed by atoms with Crippen molar-refractivity contribution in [1.29, 1.82) is 0 Å². The van der Waals surface area contributed by atoms with Crippen molar-refractivity contribution in [1.82, 2.24) is 19.5 Å². The number of nitrogens with two attached hydrogens (primary N) is 1. The molecule has 0 saturated carbocycles. The van der Waals surface area contributed by atoms with E-state index < -0.39 is 54.5 Å². The van der Waals surface area contributed by atoms with E-state index in [0.717, 1.165) is 5.75 Å². The number of anilines is 1. The van der Waals surface area contributed by atoms with Gasteiger partial charge in [-0.1, -0.05) is 21.6 Å². The highest BCUT2D eigenvalue weighted by Gasteiger charge is 2.40. The monoisotopic (exact) mass is 654 g/mol. The highest BCUT2D eigenvalue weighted by molar-refractivity contribution is 8.76. The zero-order valence-corrected chi connectivity index (χ0v) is 24.1. The number of carbonyl (C=O) groups excluding carboxylic acids is 1. The Kier molecular flexibility index (Phi) is 11.0. The molecule has 3 rings (SSSR count). The van der Waals surface area contributed by atoms with Crippen molar-refractivity contribution in [3.8, 4) is 5.88 Å². The summed E-state index contributed by atoms with van der Waals surface area (Å²) in [5.41, 5.74) is 5.90. The molecule has 1 aliphatic rings. The fraction of sp³-hybridized carbons (Fsp3) is 0.600. The van der Waals surface area contributed by atoms with Crippen molar-refractivity contribution in [2.75, 3.05) is 24.3 Å². The molecule has 2 aromatic heterocycles. The van der Waals surface area contributed by atoms with Gasteiger partial charge in [-0.05, 0) is 12.7 Å². The molecule has 39 heavy (non-hydrogen) atoms. The number of nitrogen functional groups attached to an aromatic ring is 1. The molecule has 2 aromatic rings. The van der Waals surface area contributed by atoms with Crippen molar-refractivity contribution < 1.29 is 65.8 Å². The highest BCUT2D eigenvalue weighted by Crippen LogP contribution is 2.65. The maximum absolute atomic E-state index is 12.2. The summed E-state index contributed by atoms with van der Waals surface area (Å²) in [5, 5.41) is 10.3. The Bertz CT molecular complexity index is 1330. The number of fused-ring (bicyclic) bond motifs is 1. The summed E-state index contributed by atoms with van der Waals surface area (Å²) in [5.74, 6) is -0.253. The Morgan fingerprint density at radius 1 is 1.28 bits per heavy atom. The molecule has 1 saturated heterocycles. The van der Waals surface area contributed by atoms with Gasteiger partial charge in [-0.2, -0.15) is 14.3 Å². The van der Waals surface area contributed by atoms with E-state index in [-0.39, 0.29) is 35.8 Å². The summed E-state index contributed by atoms with van der Waals surface area (Å²) in [6.07, 6.45) is 0.101. The van der Waals surface area contributed by atoms with E-state index in [9.17, 15) is 33.4 Å². The third kappa shape index (κ3) is 9.72. The number of imidazole rings is 1. The number of nitrogens with zero attached hydrogens (tertiary/aromatic N) is 4. The van der Waals surface area contributed by atoms with E-state index in [1.807, 2.05) is 6.26 Å². The van der Waals surface area contributed by atoms with Crippen LogP contribution in [0, 0.1) is 0 Å². The summed E-state index contributed by atoms with van der Waals surface area (Å²) >= 11 is 0. The van der Waals surface area contributed by atoms with Gasteiger partial charge in [-0.25, -0.2) is 18.4 Å². The van der Waals surface area contributed by atoms with Crippen LogP contribution < -0.4 is 15.4 Å². The van der Waals surface area contributed by atoms with Gasteiger partial charge in [0, 0.05) is 18.6 Å². The molecule has 24 heteroatoms. The molecule has 220 valence electrons. The average Bonchev–Trinajstić information content (AvgIpc) is 3.36. The minimum atomic E-state index is -5.76. The summed E-state index contributed by atoms with van der Waals surface area (Å²) < 4.78 is 57.7. The zero-order chi connectivity index (χ0) is 29.0. The first kappa shape index (κ1) is 32.4. The molecule has 0 aliphatic carbocycles. The number of rotatable bonds is 14. The lowest BCUT2D eigenvalue weighted by atomic mass is 10.2. The fourth-order valence-corrected chi connectivity index (χ4v) is 7.48. The molecule has 3 unspecified atom stereocenters. The van der Waals surface area contributed by atoms with Gasteiger partial charge >= 0.3 is 21.6 Å². The van der Waals surface area contributed by atoms with Gasteiger partial charge in [-0.3, -0.25) is 13.9 Å². The van der Waals surface area contributed by atoms with Crippen LogP contribution in [0.3, 0.4) is 0 Å². The number of aliphatic hydroxyl groups excluding tert-OH is 1. The van der Waals surface area contributed by atoms with E-state index in [1.165, 1.54) is 10.9 Å². The smallest absolute Gasteiger partial charge is 0.487 e. The van der Waals surface area contributed by atoms with Crippen LogP contribution in [0.1, 0.15) is 25.5 Å². The predicted octanol–water partition coefficient (Wildman–Crippen LogP) is 0.465. The number of hydrogen-bond acceptors (Lipinski definition) is 17. The lowest BCUT2D eigenvalue weighted by molar-refractivity contribution is -0.221. The second kappa shape index (κ2) is 13.2. The van der Waals surface area contributed by atoms with Crippen LogP contribution in [0.5, 0.6) is 5.88 Å². The van der Waals surface area contributed by atoms with E-state index >= 15 is 0 Å². The lowest BCUT2D eigenvalue weighted by Crippen LogP contribution is -2.27. The van der Waals surface area contributed by atoms with Crippen molar-refractivity contribution in [3.63, 3.8) is 0 Å². The standard InChI is InChI=1S/C15H24N5O14P3S2/c1-38-39-4-2-3-11(22)32-14-12-13(18-15(16)19-14)20(7-17-12)10-5-8(21)9(31-10)6-30-36(26,27)34-37(28,29)33-35(23,24)25/h7-10,21H,2-6H2,1H3,(H,26,27)(H,28,29)(H2,16,18,19)(H2,23,24,25)/p-1/t8?,9-,10-/m1/s1. The van der Waals surface area contributed by atoms with Gasteiger partial charge in [0.1, 0.15) is 12.3 Å². The summed E-state index contributed by atoms with van der Waals surface area (Å²) in [4.78, 5) is 62.4. The molecule has 5 atom stereocenters. The normalized spacial score (nSPS) is 23.0. The molecule has 0 aromatic carbocycles. The Hall–Kier alpha value is -1.15. The Morgan fingerprint density at radius 2 is 2.00 bits per heavy atom. The maximum Gasteiger partial charge on any atom is 0.487 e. The van der Waals surface area contributed by atoms with Crippen LogP contribution >= 0.6 is 45.1 Å². The van der Waals surface area contributed by atoms with Gasteiger partial charge in [0.25, 0.3) is 13.7 Å². The van der Waals surface area contributed by atoms with Crippen LogP contribution in [0.15, 0.2) is 6.33 Å². The largest absolute Gasteiger partial charge is 0.756 e. The second-order valence-electron chi connectivity index (χ2n) is 7.57.